The zero-order chi connectivity index (χ0) is 15.3. The molecule has 0 unspecified atom stereocenters. The molecule has 0 aromatic heterocycles. The van der Waals surface area contributed by atoms with Gasteiger partial charge in [0, 0.05) is 19.1 Å². The number of aliphatic hydroxyl groups is 1. The van der Waals surface area contributed by atoms with Gasteiger partial charge in [0.15, 0.2) is 0 Å². The lowest BCUT2D eigenvalue weighted by atomic mass is 10.1. The summed E-state index contributed by atoms with van der Waals surface area (Å²) < 4.78 is 28.8. The summed E-state index contributed by atoms with van der Waals surface area (Å²) in [6.07, 6.45) is 0.365. The molecular weight excluding hydrogens is 275 g/mol. The molecule has 0 bridgehead atoms. The quantitative estimate of drug-likeness (QED) is 0.557. The molecule has 0 heterocycles. The van der Waals surface area contributed by atoms with E-state index in [0.29, 0.717) is 45.0 Å². The Hall–Kier alpha value is -1.45. The molecule has 0 aliphatic rings. The number of methoxy groups -OCH3 is 1. The number of halogens is 1. The largest absolute Gasteiger partial charge is 0.395 e. The molecule has 0 saturated heterocycles. The van der Waals surface area contributed by atoms with Crippen molar-refractivity contribution in [3.63, 3.8) is 0 Å². The summed E-state index contributed by atoms with van der Waals surface area (Å²) in [4.78, 5) is 0. The van der Waals surface area contributed by atoms with Crippen molar-refractivity contribution in [2.75, 3.05) is 40.1 Å². The lowest BCUT2D eigenvalue weighted by Crippen LogP contribution is -2.08. The van der Waals surface area contributed by atoms with Crippen molar-refractivity contribution in [1.29, 1.82) is 0 Å². The Bertz CT molecular complexity index is 465. The molecule has 0 spiro atoms. The van der Waals surface area contributed by atoms with Crippen LogP contribution in [0, 0.1) is 17.7 Å². The minimum atomic E-state index is -0.338. The van der Waals surface area contributed by atoms with Crippen molar-refractivity contribution >= 4 is 0 Å². The van der Waals surface area contributed by atoms with E-state index in [1.807, 2.05) is 0 Å². The summed E-state index contributed by atoms with van der Waals surface area (Å²) in [6, 6.07) is 4.41. The second-order valence-corrected chi connectivity index (χ2v) is 4.23. The van der Waals surface area contributed by atoms with Gasteiger partial charge in [-0.05, 0) is 17.7 Å². The third-order valence-electron chi connectivity index (χ3n) is 2.59. The van der Waals surface area contributed by atoms with Gasteiger partial charge in [0.2, 0.25) is 0 Å². The minimum Gasteiger partial charge on any atom is -0.395 e. The highest BCUT2D eigenvalue weighted by atomic mass is 19.1. The minimum absolute atomic E-state index is 0.00698. The zero-order valence-corrected chi connectivity index (χ0v) is 12.2. The van der Waals surface area contributed by atoms with E-state index < -0.39 is 0 Å². The fourth-order valence-corrected chi connectivity index (χ4v) is 1.55. The summed E-state index contributed by atoms with van der Waals surface area (Å²) in [7, 11) is 1.62. The van der Waals surface area contributed by atoms with Crippen molar-refractivity contribution < 1.29 is 23.7 Å². The molecule has 21 heavy (non-hydrogen) atoms. The van der Waals surface area contributed by atoms with Crippen LogP contribution in [0.5, 0.6) is 0 Å². The second-order valence-electron chi connectivity index (χ2n) is 4.23. The maximum atomic E-state index is 13.2. The first-order chi connectivity index (χ1) is 10.3. The number of rotatable bonds is 9. The molecule has 1 N–H and O–H groups in total. The Morgan fingerprint density at radius 1 is 1.14 bits per heavy atom. The predicted molar refractivity (Wildman–Crippen MR) is 77.3 cm³/mol. The lowest BCUT2D eigenvalue weighted by molar-refractivity contribution is 0.0199. The van der Waals surface area contributed by atoms with Gasteiger partial charge in [-0.2, -0.15) is 0 Å². The first-order valence-electron chi connectivity index (χ1n) is 6.80. The molecule has 5 heteroatoms. The monoisotopic (exact) mass is 296 g/mol. The van der Waals surface area contributed by atoms with Crippen LogP contribution in [0.3, 0.4) is 0 Å². The Morgan fingerprint density at radius 2 is 1.90 bits per heavy atom. The van der Waals surface area contributed by atoms with Gasteiger partial charge in [-0.25, -0.2) is 4.39 Å². The van der Waals surface area contributed by atoms with Crippen molar-refractivity contribution in [1.82, 2.24) is 0 Å². The fraction of sp³-hybridized carbons (Fsp3) is 0.500. The van der Waals surface area contributed by atoms with E-state index in [2.05, 4.69) is 11.8 Å². The van der Waals surface area contributed by atoms with Crippen molar-refractivity contribution in [2.45, 2.75) is 13.0 Å². The Labute approximate surface area is 124 Å². The smallest absolute Gasteiger partial charge is 0.124 e. The van der Waals surface area contributed by atoms with Crippen LogP contribution in [0.2, 0.25) is 0 Å². The molecule has 0 amide bonds. The SMILES string of the molecule is COCCOCCOCc1ccc(F)cc1C#CCCO. The number of benzene rings is 1. The van der Waals surface area contributed by atoms with Crippen LogP contribution in [0.1, 0.15) is 17.5 Å². The summed E-state index contributed by atoms with van der Waals surface area (Å²) >= 11 is 0. The molecule has 1 aromatic rings. The van der Waals surface area contributed by atoms with Gasteiger partial charge in [0.25, 0.3) is 0 Å². The summed E-state index contributed by atoms with van der Waals surface area (Å²) in [5, 5.41) is 8.71. The lowest BCUT2D eigenvalue weighted by Gasteiger charge is -2.07. The van der Waals surface area contributed by atoms with Crippen molar-refractivity contribution in [3.8, 4) is 11.8 Å². The molecule has 0 fully saturated rings. The molecule has 1 rings (SSSR count). The molecule has 0 atom stereocenters. The topological polar surface area (TPSA) is 47.9 Å². The van der Waals surface area contributed by atoms with Crippen LogP contribution in [0.25, 0.3) is 0 Å². The maximum Gasteiger partial charge on any atom is 0.124 e. The molecule has 0 aliphatic carbocycles. The number of hydrogen-bond donors (Lipinski definition) is 1. The third kappa shape index (κ3) is 7.78. The van der Waals surface area contributed by atoms with Gasteiger partial charge in [-0.1, -0.05) is 17.9 Å². The van der Waals surface area contributed by atoms with E-state index in [9.17, 15) is 4.39 Å². The molecule has 116 valence electrons. The Morgan fingerprint density at radius 3 is 2.67 bits per heavy atom. The van der Waals surface area contributed by atoms with Gasteiger partial charge in [-0.15, -0.1) is 0 Å². The van der Waals surface area contributed by atoms with Gasteiger partial charge < -0.3 is 19.3 Å². The normalized spacial score (nSPS) is 10.2. The number of ether oxygens (including phenoxy) is 3. The molecule has 0 saturated carbocycles. The Balaban J connectivity index is 2.42. The standard InChI is InChI=1S/C16H21FO4/c1-19-8-9-20-10-11-21-13-15-5-6-16(17)12-14(15)4-2-3-7-18/h5-6,12,18H,3,7-11,13H2,1H3. The van der Waals surface area contributed by atoms with Crippen LogP contribution < -0.4 is 0 Å². The first-order valence-corrected chi connectivity index (χ1v) is 6.80. The second kappa shape index (κ2) is 11.2. The first kappa shape index (κ1) is 17.6. The van der Waals surface area contributed by atoms with Gasteiger partial charge in [0.1, 0.15) is 5.82 Å². The molecule has 4 nitrogen and oxygen atoms in total. The molecule has 1 aromatic carbocycles. The van der Waals surface area contributed by atoms with E-state index in [1.165, 1.54) is 12.1 Å². The van der Waals surface area contributed by atoms with E-state index >= 15 is 0 Å². The van der Waals surface area contributed by atoms with E-state index in [1.54, 1.807) is 13.2 Å². The predicted octanol–water partition coefficient (Wildman–Crippen LogP) is 1.74. The Kier molecular flexibility index (Phi) is 9.42. The average Bonchev–Trinajstić information content (AvgIpc) is 2.48. The van der Waals surface area contributed by atoms with E-state index in [4.69, 9.17) is 19.3 Å². The molecule has 0 radical (unpaired) electrons. The maximum absolute atomic E-state index is 13.2. The fourth-order valence-electron chi connectivity index (χ4n) is 1.55. The van der Waals surface area contributed by atoms with E-state index in [0.717, 1.165) is 5.56 Å². The van der Waals surface area contributed by atoms with Gasteiger partial charge in [0.05, 0.1) is 39.6 Å². The van der Waals surface area contributed by atoms with Crippen LogP contribution >= 0.6 is 0 Å². The van der Waals surface area contributed by atoms with Crippen LogP contribution in [-0.2, 0) is 20.8 Å². The van der Waals surface area contributed by atoms with E-state index in [-0.39, 0.29) is 12.4 Å². The molecular formula is C16H21FO4. The van der Waals surface area contributed by atoms with Crippen molar-refractivity contribution in [2.24, 2.45) is 0 Å². The average molecular weight is 296 g/mol. The third-order valence-corrected chi connectivity index (χ3v) is 2.59. The summed E-state index contributed by atoms with van der Waals surface area (Å²) in [6.45, 7) is 2.36. The zero-order valence-electron chi connectivity index (χ0n) is 12.2. The summed E-state index contributed by atoms with van der Waals surface area (Å²) in [5.41, 5.74) is 1.41. The van der Waals surface area contributed by atoms with Gasteiger partial charge in [-0.3, -0.25) is 0 Å². The summed E-state index contributed by atoms with van der Waals surface area (Å²) in [5.74, 6) is 5.29. The molecule has 0 aliphatic heterocycles. The van der Waals surface area contributed by atoms with Crippen LogP contribution in [0.4, 0.5) is 4.39 Å². The van der Waals surface area contributed by atoms with Crippen molar-refractivity contribution in [3.05, 3.63) is 35.1 Å². The number of hydrogen-bond acceptors (Lipinski definition) is 4. The van der Waals surface area contributed by atoms with Crippen LogP contribution in [0.15, 0.2) is 18.2 Å². The highest BCUT2D eigenvalue weighted by molar-refractivity contribution is 5.41. The number of aliphatic hydroxyl groups excluding tert-OH is 1. The highest BCUT2D eigenvalue weighted by Crippen LogP contribution is 2.11. The highest BCUT2D eigenvalue weighted by Gasteiger charge is 2.02. The van der Waals surface area contributed by atoms with Gasteiger partial charge >= 0.3 is 0 Å². The van der Waals surface area contributed by atoms with Crippen LogP contribution in [-0.4, -0.2) is 45.3 Å².